The van der Waals surface area contributed by atoms with E-state index in [4.69, 9.17) is 4.52 Å². The molecule has 5 rings (SSSR count). The molecule has 2 aromatic heterocycles. The van der Waals surface area contributed by atoms with Crippen LogP contribution in [0.1, 0.15) is 76.7 Å². The van der Waals surface area contributed by atoms with Crippen LogP contribution in [0.2, 0.25) is 0 Å². The summed E-state index contributed by atoms with van der Waals surface area (Å²) in [4.78, 5) is 41.5. The molecule has 0 radical (unpaired) electrons. The van der Waals surface area contributed by atoms with Gasteiger partial charge in [-0.3, -0.25) is 14.4 Å². The first-order valence-electron chi connectivity index (χ1n) is 12.6. The zero-order valence-corrected chi connectivity index (χ0v) is 20.6. The Kier molecular flexibility index (Phi) is 7.27. The molecule has 0 bridgehead atoms. The Morgan fingerprint density at radius 2 is 1.81 bits per heavy atom. The van der Waals surface area contributed by atoms with Crippen LogP contribution in [0.3, 0.4) is 0 Å². The van der Waals surface area contributed by atoms with Crippen molar-refractivity contribution in [3.8, 4) is 0 Å². The van der Waals surface area contributed by atoms with Gasteiger partial charge >= 0.3 is 0 Å². The van der Waals surface area contributed by atoms with Crippen LogP contribution in [-0.4, -0.2) is 41.0 Å². The Morgan fingerprint density at radius 3 is 2.51 bits per heavy atom. The average molecular weight is 503 g/mol. The Morgan fingerprint density at radius 1 is 1.00 bits per heavy atom. The molecule has 3 heterocycles. The van der Waals surface area contributed by atoms with E-state index in [-0.39, 0.29) is 35.4 Å². The van der Waals surface area contributed by atoms with E-state index in [0.717, 1.165) is 50.1 Å². The number of nitrogens with one attached hydrogen (secondary N) is 4. The van der Waals surface area contributed by atoms with E-state index in [9.17, 15) is 14.4 Å². The Bertz CT molecular complexity index is 1280. The molecule has 3 aromatic rings. The first-order valence-corrected chi connectivity index (χ1v) is 12.6. The second kappa shape index (κ2) is 10.9. The number of pyridine rings is 1. The van der Waals surface area contributed by atoms with Crippen LogP contribution < -0.4 is 21.3 Å². The topological polar surface area (TPSA) is 138 Å². The summed E-state index contributed by atoms with van der Waals surface area (Å²) in [5.41, 5.74) is 2.11. The molecule has 3 amide bonds. The van der Waals surface area contributed by atoms with E-state index in [1.165, 1.54) is 13.1 Å². The molecule has 1 unspecified atom stereocenters. The van der Waals surface area contributed by atoms with Gasteiger partial charge in [-0.25, -0.2) is 4.98 Å². The highest BCUT2D eigenvalue weighted by Gasteiger charge is 2.31. The van der Waals surface area contributed by atoms with Crippen molar-refractivity contribution in [2.75, 3.05) is 23.7 Å². The van der Waals surface area contributed by atoms with Gasteiger partial charge in [0.2, 0.25) is 5.91 Å². The standard InChI is InChI=1S/C27H30N6O4/c1-16(34)30-24-8-7-21(15-29-24)31-26(35)20-4-2-3-19(13-20)25(18-9-11-28-12-10-18)32-27(36)22-14-23(37-33-22)17-5-6-17/h2-4,7-8,13-15,17-18,25,28H,5-6,9-12H2,1H3,(H,31,35)(H,32,36)(H,29,30,34). The summed E-state index contributed by atoms with van der Waals surface area (Å²) in [7, 11) is 0. The van der Waals surface area contributed by atoms with Crippen molar-refractivity contribution in [3.63, 3.8) is 0 Å². The number of carbonyl (C=O) groups is 3. The third-order valence-corrected chi connectivity index (χ3v) is 6.72. The normalized spacial score (nSPS) is 16.6. The Labute approximate surface area is 214 Å². The molecule has 1 aliphatic carbocycles. The quantitative estimate of drug-likeness (QED) is 0.369. The van der Waals surface area contributed by atoms with Crippen molar-refractivity contribution < 1.29 is 18.9 Å². The third kappa shape index (κ3) is 6.21. The minimum atomic E-state index is -0.295. The SMILES string of the molecule is CC(=O)Nc1ccc(NC(=O)c2cccc(C(NC(=O)c3cc(C4CC4)on3)C3CCNCC3)c2)cn1. The summed E-state index contributed by atoms with van der Waals surface area (Å²) in [6, 6.07) is 12.1. The molecule has 37 heavy (non-hydrogen) atoms. The molecule has 1 aliphatic heterocycles. The van der Waals surface area contributed by atoms with Crippen LogP contribution in [0.25, 0.3) is 0 Å². The van der Waals surface area contributed by atoms with E-state index in [1.807, 2.05) is 18.2 Å². The highest BCUT2D eigenvalue weighted by Crippen LogP contribution is 2.40. The van der Waals surface area contributed by atoms with Gasteiger partial charge in [0.1, 0.15) is 11.6 Å². The number of nitrogens with zero attached hydrogens (tertiary/aromatic N) is 2. The van der Waals surface area contributed by atoms with Gasteiger partial charge in [0.05, 0.1) is 17.9 Å². The van der Waals surface area contributed by atoms with Crippen LogP contribution in [0.4, 0.5) is 11.5 Å². The van der Waals surface area contributed by atoms with Gasteiger partial charge in [-0.05, 0) is 74.5 Å². The average Bonchev–Trinajstić information content (AvgIpc) is 3.64. The Hall–Kier alpha value is -4.05. The summed E-state index contributed by atoms with van der Waals surface area (Å²) in [5, 5.41) is 16.0. The minimum Gasteiger partial charge on any atom is -0.360 e. The van der Waals surface area contributed by atoms with Crippen molar-refractivity contribution in [1.82, 2.24) is 20.8 Å². The molecule has 2 fully saturated rings. The molecule has 2 aliphatic rings. The van der Waals surface area contributed by atoms with E-state index in [2.05, 4.69) is 31.4 Å². The van der Waals surface area contributed by atoms with Crippen LogP contribution in [0.15, 0.2) is 53.2 Å². The highest BCUT2D eigenvalue weighted by atomic mass is 16.5. The van der Waals surface area contributed by atoms with Crippen LogP contribution >= 0.6 is 0 Å². The molecule has 1 atom stereocenters. The molecular formula is C27H30N6O4. The summed E-state index contributed by atoms with van der Waals surface area (Å²) in [5.74, 6) is 0.969. The first-order chi connectivity index (χ1) is 18.0. The van der Waals surface area contributed by atoms with Crippen molar-refractivity contribution in [2.24, 2.45) is 5.92 Å². The van der Waals surface area contributed by atoms with Crippen LogP contribution in [-0.2, 0) is 4.79 Å². The van der Waals surface area contributed by atoms with Crippen LogP contribution in [0, 0.1) is 5.92 Å². The highest BCUT2D eigenvalue weighted by molar-refractivity contribution is 6.04. The fourth-order valence-electron chi connectivity index (χ4n) is 4.62. The molecule has 192 valence electrons. The van der Waals surface area contributed by atoms with Gasteiger partial charge in [0.25, 0.3) is 11.8 Å². The number of anilines is 2. The lowest BCUT2D eigenvalue weighted by Gasteiger charge is -2.31. The number of piperidine rings is 1. The summed E-state index contributed by atoms with van der Waals surface area (Å²) in [6.07, 6.45) is 5.43. The number of aromatic nitrogens is 2. The second-order valence-electron chi connectivity index (χ2n) is 9.62. The molecule has 4 N–H and O–H groups in total. The molecule has 0 spiro atoms. The zero-order valence-electron chi connectivity index (χ0n) is 20.6. The van der Waals surface area contributed by atoms with Gasteiger partial charge in [0.15, 0.2) is 5.69 Å². The number of rotatable bonds is 8. The van der Waals surface area contributed by atoms with E-state index in [0.29, 0.717) is 23.0 Å². The predicted molar refractivity (Wildman–Crippen MR) is 137 cm³/mol. The van der Waals surface area contributed by atoms with E-state index < -0.39 is 0 Å². The van der Waals surface area contributed by atoms with Crippen molar-refractivity contribution in [3.05, 3.63) is 71.2 Å². The summed E-state index contributed by atoms with van der Waals surface area (Å²) in [6.45, 7) is 3.14. The number of amides is 3. The lowest BCUT2D eigenvalue weighted by Crippen LogP contribution is -2.39. The maximum Gasteiger partial charge on any atom is 0.273 e. The number of hydrogen-bond donors (Lipinski definition) is 4. The molecular weight excluding hydrogens is 472 g/mol. The maximum atomic E-state index is 13.1. The van der Waals surface area contributed by atoms with Crippen molar-refractivity contribution in [2.45, 2.75) is 44.6 Å². The van der Waals surface area contributed by atoms with Gasteiger partial charge in [-0.15, -0.1) is 0 Å². The zero-order chi connectivity index (χ0) is 25.8. The maximum absolute atomic E-state index is 13.1. The van der Waals surface area contributed by atoms with Gasteiger partial charge < -0.3 is 25.8 Å². The largest absolute Gasteiger partial charge is 0.360 e. The summed E-state index contributed by atoms with van der Waals surface area (Å²) >= 11 is 0. The minimum absolute atomic E-state index is 0.212. The fraction of sp³-hybridized carbons (Fsp3) is 0.370. The second-order valence-corrected chi connectivity index (χ2v) is 9.62. The molecule has 1 saturated heterocycles. The van der Waals surface area contributed by atoms with E-state index in [1.54, 1.807) is 24.3 Å². The smallest absolute Gasteiger partial charge is 0.273 e. The van der Waals surface area contributed by atoms with Gasteiger partial charge in [-0.2, -0.15) is 0 Å². The molecule has 10 heteroatoms. The lowest BCUT2D eigenvalue weighted by molar-refractivity contribution is -0.114. The fourth-order valence-corrected chi connectivity index (χ4v) is 4.62. The molecule has 1 aromatic carbocycles. The van der Waals surface area contributed by atoms with Crippen LogP contribution in [0.5, 0.6) is 0 Å². The molecule has 1 saturated carbocycles. The monoisotopic (exact) mass is 502 g/mol. The van der Waals surface area contributed by atoms with Gasteiger partial charge in [0, 0.05) is 24.5 Å². The number of hydrogen-bond acceptors (Lipinski definition) is 7. The molecule has 10 nitrogen and oxygen atoms in total. The predicted octanol–water partition coefficient (Wildman–Crippen LogP) is 3.63. The van der Waals surface area contributed by atoms with Crippen molar-refractivity contribution >= 4 is 29.2 Å². The Balaban J connectivity index is 1.32. The lowest BCUT2D eigenvalue weighted by atomic mass is 9.85. The van der Waals surface area contributed by atoms with Crippen molar-refractivity contribution in [1.29, 1.82) is 0 Å². The van der Waals surface area contributed by atoms with E-state index >= 15 is 0 Å². The summed E-state index contributed by atoms with van der Waals surface area (Å²) < 4.78 is 5.38. The number of benzene rings is 1. The van der Waals surface area contributed by atoms with Gasteiger partial charge in [-0.1, -0.05) is 17.3 Å². The third-order valence-electron chi connectivity index (χ3n) is 6.72. The first kappa shape index (κ1) is 24.6. The number of carbonyl (C=O) groups excluding carboxylic acids is 3.